The molecule has 0 fully saturated rings. The van der Waals surface area contributed by atoms with E-state index in [1.165, 1.54) is 12.1 Å². The Bertz CT molecular complexity index is 3870. The molecule has 0 radical (unpaired) electrons. The standard InChI is InChI=1S/C62H42F6N4/c63-61(64,65)41-29-33-57(71-55-27-15-13-25-49(55)53-39-47(31-35-59(53)71)69(43-17-5-1-6-18-43)44-19-7-2-8-20-44)51(37-41)52-38-42(62(66,67)68)30-34-58(52)72-56-28-16-14-26-50(56)54-40-48(32-36-60(54)72)70(45-21-9-3-10-22-45)46-23-11-4-12-24-46/h1-11,13-23,25-40H,12,24H2. The normalized spacial score (nSPS) is 13.1. The number of aromatic nitrogens is 2. The van der Waals surface area contributed by atoms with Crippen molar-refractivity contribution < 1.29 is 26.3 Å². The molecule has 0 aliphatic heterocycles. The Labute approximate surface area is 410 Å². The van der Waals surface area contributed by atoms with E-state index in [0.29, 0.717) is 22.1 Å². The molecule has 11 aromatic rings. The molecule has 0 N–H and O–H groups in total. The van der Waals surface area contributed by atoms with Gasteiger partial charge in [0.1, 0.15) is 0 Å². The fraction of sp³-hybridized carbons (Fsp3) is 0.0645. The van der Waals surface area contributed by atoms with Crippen LogP contribution in [0.1, 0.15) is 24.0 Å². The van der Waals surface area contributed by atoms with Gasteiger partial charge in [-0.2, -0.15) is 26.3 Å². The first-order chi connectivity index (χ1) is 35.0. The van der Waals surface area contributed by atoms with Gasteiger partial charge in [0.2, 0.25) is 0 Å². The van der Waals surface area contributed by atoms with Gasteiger partial charge in [0.25, 0.3) is 0 Å². The van der Waals surface area contributed by atoms with Gasteiger partial charge in [-0.3, -0.25) is 0 Å². The maximum absolute atomic E-state index is 15.1. The third kappa shape index (κ3) is 7.76. The summed E-state index contributed by atoms with van der Waals surface area (Å²) in [4.78, 5) is 4.34. The Morgan fingerprint density at radius 3 is 1.19 bits per heavy atom. The number of hydrogen-bond acceptors (Lipinski definition) is 2. The largest absolute Gasteiger partial charge is 0.416 e. The van der Waals surface area contributed by atoms with Gasteiger partial charge < -0.3 is 18.9 Å². The number of para-hydroxylation sites is 5. The van der Waals surface area contributed by atoms with Crippen LogP contribution in [0.3, 0.4) is 0 Å². The third-order valence-electron chi connectivity index (χ3n) is 13.6. The van der Waals surface area contributed by atoms with Crippen LogP contribution in [0.25, 0.3) is 66.1 Å². The van der Waals surface area contributed by atoms with E-state index in [0.717, 1.165) is 92.8 Å². The Kier molecular flexibility index (Phi) is 10.9. The third-order valence-corrected chi connectivity index (χ3v) is 13.6. The molecule has 2 aromatic heterocycles. The topological polar surface area (TPSA) is 16.3 Å². The molecule has 0 spiro atoms. The Hall–Kier alpha value is -8.76. The van der Waals surface area contributed by atoms with Crippen LogP contribution < -0.4 is 9.80 Å². The molecule has 0 bridgehead atoms. The van der Waals surface area contributed by atoms with E-state index < -0.39 is 23.5 Å². The van der Waals surface area contributed by atoms with Crippen LogP contribution in [0.5, 0.6) is 0 Å². The second-order valence-electron chi connectivity index (χ2n) is 17.9. The van der Waals surface area contributed by atoms with Crippen molar-refractivity contribution in [1.29, 1.82) is 0 Å². The Balaban J connectivity index is 1.11. The van der Waals surface area contributed by atoms with E-state index in [2.05, 4.69) is 40.2 Å². The summed E-state index contributed by atoms with van der Waals surface area (Å²) >= 11 is 0. The van der Waals surface area contributed by atoms with Crippen LogP contribution in [0.15, 0.2) is 236 Å². The smallest absolute Gasteiger partial charge is 0.314 e. The molecule has 0 saturated carbocycles. The number of anilines is 5. The highest BCUT2D eigenvalue weighted by Gasteiger charge is 2.35. The Morgan fingerprint density at radius 2 is 0.764 bits per heavy atom. The summed E-state index contributed by atoms with van der Waals surface area (Å²) in [5.74, 6) is 0. The zero-order valence-corrected chi connectivity index (χ0v) is 38.4. The first-order valence-corrected chi connectivity index (χ1v) is 23.6. The molecular weight excluding hydrogens is 915 g/mol. The molecule has 9 aromatic carbocycles. The van der Waals surface area contributed by atoms with E-state index >= 15 is 26.3 Å². The van der Waals surface area contributed by atoms with Gasteiger partial charge in [0.05, 0.1) is 44.6 Å². The Morgan fingerprint density at radius 1 is 0.361 bits per heavy atom. The molecule has 352 valence electrons. The second kappa shape index (κ2) is 17.6. The fourth-order valence-electron chi connectivity index (χ4n) is 10.4. The van der Waals surface area contributed by atoms with Crippen LogP contribution in [0.2, 0.25) is 0 Å². The van der Waals surface area contributed by atoms with E-state index in [1.807, 2.05) is 173 Å². The predicted octanol–water partition coefficient (Wildman–Crippen LogP) is 18.4. The molecule has 0 saturated heterocycles. The van der Waals surface area contributed by atoms with Crippen LogP contribution >= 0.6 is 0 Å². The van der Waals surface area contributed by atoms with Crippen molar-refractivity contribution in [1.82, 2.24) is 9.13 Å². The van der Waals surface area contributed by atoms with Gasteiger partial charge in [-0.1, -0.05) is 103 Å². The first kappa shape index (κ1) is 44.4. The molecule has 10 heteroatoms. The number of alkyl halides is 6. The van der Waals surface area contributed by atoms with Crippen LogP contribution in [0, 0.1) is 0 Å². The molecule has 4 nitrogen and oxygen atoms in total. The van der Waals surface area contributed by atoms with Crippen LogP contribution in [0.4, 0.5) is 54.8 Å². The molecule has 0 atom stereocenters. The lowest BCUT2D eigenvalue weighted by Crippen LogP contribution is -2.17. The zero-order valence-electron chi connectivity index (χ0n) is 38.4. The van der Waals surface area contributed by atoms with Crippen molar-refractivity contribution in [3.63, 3.8) is 0 Å². The zero-order chi connectivity index (χ0) is 49.1. The van der Waals surface area contributed by atoms with Crippen molar-refractivity contribution in [3.05, 3.63) is 247 Å². The summed E-state index contributed by atoms with van der Waals surface area (Å²) in [5.41, 5.74) is 6.83. The van der Waals surface area contributed by atoms with Gasteiger partial charge in [0, 0.05) is 66.8 Å². The maximum atomic E-state index is 15.1. The second-order valence-corrected chi connectivity index (χ2v) is 17.9. The fourth-order valence-corrected chi connectivity index (χ4v) is 10.4. The highest BCUT2D eigenvalue weighted by molar-refractivity contribution is 6.13. The number of nitrogens with zero attached hydrogens (tertiary/aromatic N) is 4. The SMILES string of the molecule is FC(F)(F)c1ccc(-n2c3ccccc3c3cc(N(C4=CC=CCC4)c4ccccc4)ccc32)c(-c2cc(C(F)(F)F)ccc2-n2c3ccccc3c3cc(N(c4ccccc4)c4ccccc4)ccc32)c1. The molecule has 2 heterocycles. The quantitative estimate of drug-likeness (QED) is 0.134. The molecule has 12 rings (SSSR count). The van der Waals surface area contributed by atoms with Gasteiger partial charge >= 0.3 is 12.4 Å². The monoisotopic (exact) mass is 956 g/mol. The van der Waals surface area contributed by atoms with Crippen molar-refractivity contribution in [2.75, 3.05) is 9.80 Å². The van der Waals surface area contributed by atoms with E-state index in [1.54, 1.807) is 0 Å². The van der Waals surface area contributed by atoms with Crippen LogP contribution in [-0.2, 0) is 12.4 Å². The molecule has 1 aliphatic carbocycles. The van der Waals surface area contributed by atoms with Crippen molar-refractivity contribution in [3.8, 4) is 22.5 Å². The minimum Gasteiger partial charge on any atom is -0.314 e. The summed E-state index contributed by atoms with van der Waals surface area (Å²) in [7, 11) is 0. The molecule has 0 amide bonds. The van der Waals surface area contributed by atoms with Gasteiger partial charge in [-0.05, 0) is 140 Å². The van der Waals surface area contributed by atoms with Crippen LogP contribution in [-0.4, -0.2) is 9.13 Å². The van der Waals surface area contributed by atoms with E-state index in [-0.39, 0.29) is 22.5 Å². The lowest BCUT2D eigenvalue weighted by Gasteiger charge is -2.29. The summed E-state index contributed by atoms with van der Waals surface area (Å²) in [6.45, 7) is 0. The summed E-state index contributed by atoms with van der Waals surface area (Å²) in [6, 6.07) is 63.9. The number of halogens is 6. The van der Waals surface area contributed by atoms with Crippen molar-refractivity contribution >= 4 is 72.0 Å². The highest BCUT2D eigenvalue weighted by Crippen LogP contribution is 2.47. The number of allylic oxidation sites excluding steroid dienone is 4. The molecular formula is C62H42F6N4. The maximum Gasteiger partial charge on any atom is 0.416 e. The summed E-state index contributed by atoms with van der Waals surface area (Å²) < 4.78 is 94.2. The predicted molar refractivity (Wildman–Crippen MR) is 280 cm³/mol. The number of rotatable bonds is 9. The molecule has 0 unspecified atom stereocenters. The number of hydrogen-bond donors (Lipinski definition) is 0. The lowest BCUT2D eigenvalue weighted by atomic mass is 9.96. The van der Waals surface area contributed by atoms with E-state index in [4.69, 9.17) is 0 Å². The van der Waals surface area contributed by atoms with Gasteiger partial charge in [-0.15, -0.1) is 0 Å². The number of benzene rings is 9. The minimum absolute atomic E-state index is 0.0235. The van der Waals surface area contributed by atoms with E-state index in [9.17, 15) is 0 Å². The van der Waals surface area contributed by atoms with Gasteiger partial charge in [0.15, 0.2) is 0 Å². The average molecular weight is 957 g/mol. The average Bonchev–Trinajstić information content (AvgIpc) is 3.91. The lowest BCUT2D eigenvalue weighted by molar-refractivity contribution is -0.138. The van der Waals surface area contributed by atoms with Crippen molar-refractivity contribution in [2.24, 2.45) is 0 Å². The highest BCUT2D eigenvalue weighted by atomic mass is 19.4. The summed E-state index contributed by atoms with van der Waals surface area (Å²) in [6.07, 6.45) is -1.67. The van der Waals surface area contributed by atoms with Crippen molar-refractivity contribution in [2.45, 2.75) is 25.2 Å². The van der Waals surface area contributed by atoms with Gasteiger partial charge in [-0.25, -0.2) is 0 Å². The summed E-state index contributed by atoms with van der Waals surface area (Å²) in [5, 5.41) is 3.27. The first-order valence-electron chi connectivity index (χ1n) is 23.6. The molecule has 72 heavy (non-hydrogen) atoms. The number of fused-ring (bicyclic) bond motifs is 6. The minimum atomic E-state index is -4.82. The molecule has 1 aliphatic rings.